The first-order chi connectivity index (χ1) is 11.1. The number of carbonyl (C=O) groups is 1. The number of β-amino-alcohol motifs (C(OH)–C–C–N with tert-alkyl or cyclic N) is 1. The van der Waals surface area contributed by atoms with E-state index in [0.29, 0.717) is 30.8 Å². The minimum Gasteiger partial charge on any atom is -0.469 e. The van der Waals surface area contributed by atoms with E-state index in [1.807, 2.05) is 18.2 Å². The van der Waals surface area contributed by atoms with Crippen molar-refractivity contribution < 1.29 is 14.3 Å². The first-order valence-electron chi connectivity index (χ1n) is 7.92. The molecule has 2 N–H and O–H groups in total. The molecule has 0 saturated carbocycles. The summed E-state index contributed by atoms with van der Waals surface area (Å²) in [7, 11) is 0. The molecule has 0 bridgehead atoms. The summed E-state index contributed by atoms with van der Waals surface area (Å²) in [6.07, 6.45) is 1.86. The summed E-state index contributed by atoms with van der Waals surface area (Å²) in [6, 6.07) is 12.0. The third kappa shape index (κ3) is 3.81. The third-order valence-electron chi connectivity index (χ3n) is 4.34. The van der Waals surface area contributed by atoms with Crippen LogP contribution in [0.5, 0.6) is 0 Å². The lowest BCUT2D eigenvalue weighted by atomic mass is 10.1. The van der Waals surface area contributed by atoms with Crippen LogP contribution >= 0.6 is 0 Å². The summed E-state index contributed by atoms with van der Waals surface area (Å²) in [6.45, 7) is 3.71. The highest BCUT2D eigenvalue weighted by atomic mass is 16.3. The topological polar surface area (TPSA) is 65.7 Å². The molecule has 1 aromatic carbocycles. The minimum atomic E-state index is -0.337. The van der Waals surface area contributed by atoms with Crippen molar-refractivity contribution in [3.8, 4) is 0 Å². The van der Waals surface area contributed by atoms with Gasteiger partial charge in [0.15, 0.2) is 0 Å². The molecule has 2 heterocycles. The Bertz CT molecular complexity index is 653. The predicted molar refractivity (Wildman–Crippen MR) is 87.0 cm³/mol. The fourth-order valence-electron chi connectivity index (χ4n) is 3.11. The van der Waals surface area contributed by atoms with Gasteiger partial charge in [0.1, 0.15) is 5.76 Å². The molecule has 5 nitrogen and oxygen atoms in total. The van der Waals surface area contributed by atoms with Gasteiger partial charge in [-0.1, -0.05) is 30.3 Å². The van der Waals surface area contributed by atoms with E-state index in [2.05, 4.69) is 22.3 Å². The summed E-state index contributed by atoms with van der Waals surface area (Å²) in [5.74, 6) is 0.493. The standard InChI is InChI=1S/C18H22N2O3/c1-13-17(7-8-23-13)18(22)19-10-15-9-16(21)12-20(15)11-14-5-3-2-4-6-14/h2-8,15-16,21H,9-12H2,1H3,(H,19,22). The van der Waals surface area contributed by atoms with Gasteiger partial charge in [-0.2, -0.15) is 0 Å². The molecule has 0 spiro atoms. The van der Waals surface area contributed by atoms with Gasteiger partial charge in [-0.25, -0.2) is 0 Å². The lowest BCUT2D eigenvalue weighted by molar-refractivity contribution is 0.0938. The van der Waals surface area contributed by atoms with Crippen molar-refractivity contribution >= 4 is 5.91 Å². The molecule has 3 rings (SSSR count). The first-order valence-corrected chi connectivity index (χ1v) is 7.92. The Morgan fingerprint density at radius 1 is 1.35 bits per heavy atom. The maximum absolute atomic E-state index is 12.2. The van der Waals surface area contributed by atoms with Crippen LogP contribution in [0.2, 0.25) is 0 Å². The normalized spacial score (nSPS) is 21.5. The molecular formula is C18H22N2O3. The van der Waals surface area contributed by atoms with Crippen LogP contribution in [-0.2, 0) is 6.54 Å². The molecule has 2 atom stereocenters. The van der Waals surface area contributed by atoms with Gasteiger partial charge in [-0.15, -0.1) is 0 Å². The predicted octanol–water partition coefficient (Wildman–Crippen LogP) is 1.95. The van der Waals surface area contributed by atoms with Crippen LogP contribution in [0, 0.1) is 6.92 Å². The van der Waals surface area contributed by atoms with E-state index in [1.54, 1.807) is 13.0 Å². The second-order valence-corrected chi connectivity index (χ2v) is 6.06. The van der Waals surface area contributed by atoms with E-state index >= 15 is 0 Å². The zero-order valence-corrected chi connectivity index (χ0v) is 13.2. The van der Waals surface area contributed by atoms with Crippen molar-refractivity contribution in [1.82, 2.24) is 10.2 Å². The molecule has 122 valence electrons. The number of amides is 1. The van der Waals surface area contributed by atoms with E-state index in [-0.39, 0.29) is 18.1 Å². The lowest BCUT2D eigenvalue weighted by Gasteiger charge is -2.24. The van der Waals surface area contributed by atoms with Crippen molar-refractivity contribution in [3.63, 3.8) is 0 Å². The summed E-state index contributed by atoms with van der Waals surface area (Å²) in [4.78, 5) is 14.4. The number of nitrogens with one attached hydrogen (secondary N) is 1. The van der Waals surface area contributed by atoms with Gasteiger partial charge in [-0.05, 0) is 25.0 Å². The van der Waals surface area contributed by atoms with Crippen LogP contribution < -0.4 is 5.32 Å². The largest absolute Gasteiger partial charge is 0.469 e. The summed E-state index contributed by atoms with van der Waals surface area (Å²) < 4.78 is 5.16. The number of benzene rings is 1. The van der Waals surface area contributed by atoms with Crippen molar-refractivity contribution in [3.05, 3.63) is 59.5 Å². The zero-order valence-electron chi connectivity index (χ0n) is 13.2. The molecule has 0 radical (unpaired) electrons. The van der Waals surface area contributed by atoms with Crippen LogP contribution in [-0.4, -0.2) is 41.1 Å². The van der Waals surface area contributed by atoms with E-state index < -0.39 is 0 Å². The molecule has 1 saturated heterocycles. The Morgan fingerprint density at radius 3 is 2.83 bits per heavy atom. The summed E-state index contributed by atoms with van der Waals surface area (Å²) in [5, 5.41) is 12.9. The van der Waals surface area contributed by atoms with Crippen molar-refractivity contribution in [1.29, 1.82) is 0 Å². The number of furan rings is 1. The maximum atomic E-state index is 12.2. The van der Waals surface area contributed by atoms with E-state index in [1.165, 1.54) is 11.8 Å². The Hall–Kier alpha value is -2.11. The van der Waals surface area contributed by atoms with E-state index in [4.69, 9.17) is 4.42 Å². The van der Waals surface area contributed by atoms with Gasteiger partial charge in [0.2, 0.25) is 0 Å². The Morgan fingerprint density at radius 2 is 2.13 bits per heavy atom. The van der Waals surface area contributed by atoms with Crippen LogP contribution in [0.15, 0.2) is 47.1 Å². The van der Waals surface area contributed by atoms with Crippen molar-refractivity contribution in [2.24, 2.45) is 0 Å². The minimum absolute atomic E-state index is 0.127. The fourth-order valence-corrected chi connectivity index (χ4v) is 3.11. The van der Waals surface area contributed by atoms with Gasteiger partial charge in [0.05, 0.1) is 17.9 Å². The molecule has 23 heavy (non-hydrogen) atoms. The molecule has 5 heteroatoms. The number of likely N-dealkylation sites (tertiary alicyclic amines) is 1. The third-order valence-corrected chi connectivity index (χ3v) is 4.34. The molecule has 1 fully saturated rings. The molecule has 1 aromatic heterocycles. The number of hydrogen-bond donors (Lipinski definition) is 2. The molecule has 1 aliphatic rings. The number of aliphatic hydroxyl groups excluding tert-OH is 1. The molecule has 2 unspecified atom stereocenters. The molecule has 0 aliphatic carbocycles. The maximum Gasteiger partial charge on any atom is 0.254 e. The zero-order chi connectivity index (χ0) is 16.2. The Labute approximate surface area is 135 Å². The smallest absolute Gasteiger partial charge is 0.254 e. The van der Waals surface area contributed by atoms with E-state index in [9.17, 15) is 9.90 Å². The van der Waals surface area contributed by atoms with Crippen molar-refractivity contribution in [2.45, 2.75) is 32.0 Å². The van der Waals surface area contributed by atoms with Gasteiger partial charge in [0, 0.05) is 25.7 Å². The van der Waals surface area contributed by atoms with Gasteiger partial charge in [-0.3, -0.25) is 9.69 Å². The molecule has 1 aliphatic heterocycles. The molecule has 1 amide bonds. The number of rotatable bonds is 5. The van der Waals surface area contributed by atoms with E-state index in [0.717, 1.165) is 6.54 Å². The van der Waals surface area contributed by atoms with Crippen LogP contribution in [0.3, 0.4) is 0 Å². The highest BCUT2D eigenvalue weighted by Gasteiger charge is 2.31. The number of hydrogen-bond acceptors (Lipinski definition) is 4. The Kier molecular flexibility index (Phi) is 4.79. The van der Waals surface area contributed by atoms with Crippen LogP contribution in [0.4, 0.5) is 0 Å². The van der Waals surface area contributed by atoms with Crippen molar-refractivity contribution in [2.75, 3.05) is 13.1 Å². The highest BCUT2D eigenvalue weighted by Crippen LogP contribution is 2.20. The highest BCUT2D eigenvalue weighted by molar-refractivity contribution is 5.95. The molecular weight excluding hydrogens is 292 g/mol. The second kappa shape index (κ2) is 6.98. The monoisotopic (exact) mass is 314 g/mol. The number of aryl methyl sites for hydroxylation is 1. The average molecular weight is 314 g/mol. The van der Waals surface area contributed by atoms with Gasteiger partial charge >= 0.3 is 0 Å². The summed E-state index contributed by atoms with van der Waals surface area (Å²) in [5.41, 5.74) is 1.78. The lowest BCUT2D eigenvalue weighted by Crippen LogP contribution is -2.39. The fraction of sp³-hybridized carbons (Fsp3) is 0.389. The number of aliphatic hydroxyl groups is 1. The van der Waals surface area contributed by atoms with Gasteiger partial charge in [0.25, 0.3) is 5.91 Å². The van der Waals surface area contributed by atoms with Gasteiger partial charge < -0.3 is 14.8 Å². The second-order valence-electron chi connectivity index (χ2n) is 6.06. The van der Waals surface area contributed by atoms with Crippen LogP contribution in [0.1, 0.15) is 28.1 Å². The quantitative estimate of drug-likeness (QED) is 0.885. The van der Waals surface area contributed by atoms with Crippen LogP contribution in [0.25, 0.3) is 0 Å². The average Bonchev–Trinajstić information content (AvgIpc) is 3.12. The summed E-state index contributed by atoms with van der Waals surface area (Å²) >= 11 is 0. The number of carbonyl (C=O) groups excluding carboxylic acids is 1. The SMILES string of the molecule is Cc1occc1C(=O)NCC1CC(O)CN1Cc1ccccc1. The molecule has 2 aromatic rings. The Balaban J connectivity index is 1.59. The number of nitrogens with zero attached hydrogens (tertiary/aromatic N) is 1. The first kappa shape index (κ1) is 15.8.